The molecule has 0 saturated carbocycles. The molecule has 1 N–H and O–H groups in total. The molecular weight excluding hydrogens is 260 g/mol. The van der Waals surface area contributed by atoms with Gasteiger partial charge in [0.2, 0.25) is 0 Å². The first-order chi connectivity index (χ1) is 10.2. The van der Waals surface area contributed by atoms with E-state index in [9.17, 15) is 0 Å². The summed E-state index contributed by atoms with van der Waals surface area (Å²) < 4.78 is 0. The summed E-state index contributed by atoms with van der Waals surface area (Å²) in [5, 5.41) is 3.53. The monoisotopic (exact) mass is 284 g/mol. The predicted molar refractivity (Wildman–Crippen MR) is 87.3 cm³/mol. The van der Waals surface area contributed by atoms with Crippen LogP contribution in [0.15, 0.2) is 42.7 Å². The summed E-state index contributed by atoms with van der Waals surface area (Å²) in [6.07, 6.45) is 4.80. The highest BCUT2D eigenvalue weighted by molar-refractivity contribution is 5.47. The second kappa shape index (κ2) is 7.74. The molecule has 0 aromatic carbocycles. The van der Waals surface area contributed by atoms with Gasteiger partial charge < -0.3 is 10.2 Å². The minimum absolute atomic E-state index is 0.292. The molecular formula is C17H24N4. The molecule has 2 aromatic rings. The zero-order chi connectivity index (χ0) is 15.1. The van der Waals surface area contributed by atoms with Crippen molar-refractivity contribution in [1.82, 2.24) is 15.3 Å². The van der Waals surface area contributed by atoms with E-state index in [2.05, 4.69) is 47.1 Å². The van der Waals surface area contributed by atoms with Crippen molar-refractivity contribution in [2.24, 2.45) is 0 Å². The molecule has 0 aliphatic carbocycles. The van der Waals surface area contributed by atoms with E-state index in [0.717, 1.165) is 31.0 Å². The fraction of sp³-hybridized carbons (Fsp3) is 0.412. The van der Waals surface area contributed by atoms with E-state index < -0.39 is 0 Å². The van der Waals surface area contributed by atoms with Crippen molar-refractivity contribution >= 4 is 5.82 Å². The van der Waals surface area contributed by atoms with Gasteiger partial charge >= 0.3 is 0 Å². The lowest BCUT2D eigenvalue weighted by Gasteiger charge is -2.24. The molecule has 4 nitrogen and oxygen atoms in total. The van der Waals surface area contributed by atoms with Gasteiger partial charge in [-0.15, -0.1) is 0 Å². The highest BCUT2D eigenvalue weighted by Gasteiger charge is 2.14. The second-order valence-electron chi connectivity index (χ2n) is 5.27. The van der Waals surface area contributed by atoms with Crippen LogP contribution in [-0.4, -0.2) is 23.6 Å². The van der Waals surface area contributed by atoms with Gasteiger partial charge in [-0.05, 0) is 38.1 Å². The van der Waals surface area contributed by atoms with Crippen LogP contribution >= 0.6 is 0 Å². The minimum Gasteiger partial charge on any atom is -0.354 e. The van der Waals surface area contributed by atoms with Crippen molar-refractivity contribution in [3.8, 4) is 0 Å². The molecule has 112 valence electrons. The van der Waals surface area contributed by atoms with Gasteiger partial charge in [0.1, 0.15) is 5.82 Å². The van der Waals surface area contributed by atoms with E-state index in [-0.39, 0.29) is 0 Å². The summed E-state index contributed by atoms with van der Waals surface area (Å²) in [6, 6.07) is 10.4. The number of nitrogens with one attached hydrogen (secondary N) is 1. The molecule has 0 amide bonds. The van der Waals surface area contributed by atoms with Crippen LogP contribution in [0.3, 0.4) is 0 Å². The summed E-state index contributed by atoms with van der Waals surface area (Å²) in [5.41, 5.74) is 2.27. The SMILES string of the molecule is CCCNC(C)c1cccnc1N(C)Cc1ccccn1. The van der Waals surface area contributed by atoms with Gasteiger partial charge in [-0.25, -0.2) is 4.98 Å². The van der Waals surface area contributed by atoms with Crippen molar-refractivity contribution in [3.63, 3.8) is 0 Å². The van der Waals surface area contributed by atoms with Gasteiger partial charge in [-0.3, -0.25) is 4.98 Å². The molecule has 21 heavy (non-hydrogen) atoms. The summed E-state index contributed by atoms with van der Waals surface area (Å²) in [5.74, 6) is 1.01. The number of pyridine rings is 2. The van der Waals surface area contributed by atoms with Gasteiger partial charge in [0.15, 0.2) is 0 Å². The zero-order valence-corrected chi connectivity index (χ0v) is 13.1. The van der Waals surface area contributed by atoms with Gasteiger partial charge in [-0.2, -0.15) is 0 Å². The molecule has 0 spiro atoms. The molecule has 0 fully saturated rings. The van der Waals surface area contributed by atoms with E-state index in [4.69, 9.17) is 0 Å². The van der Waals surface area contributed by atoms with Crippen molar-refractivity contribution in [3.05, 3.63) is 54.0 Å². The minimum atomic E-state index is 0.292. The number of rotatable bonds is 7. The Morgan fingerprint density at radius 2 is 1.95 bits per heavy atom. The van der Waals surface area contributed by atoms with Crippen LogP contribution in [-0.2, 0) is 6.54 Å². The molecule has 1 atom stereocenters. The molecule has 0 saturated heterocycles. The van der Waals surface area contributed by atoms with E-state index >= 15 is 0 Å². The highest BCUT2D eigenvalue weighted by atomic mass is 15.2. The van der Waals surface area contributed by atoms with E-state index in [1.54, 1.807) is 0 Å². The largest absolute Gasteiger partial charge is 0.354 e. The molecule has 0 aliphatic heterocycles. The van der Waals surface area contributed by atoms with Crippen LogP contribution in [0.4, 0.5) is 5.82 Å². The van der Waals surface area contributed by atoms with Gasteiger partial charge in [0.25, 0.3) is 0 Å². The summed E-state index contributed by atoms with van der Waals surface area (Å²) in [4.78, 5) is 11.1. The van der Waals surface area contributed by atoms with E-state index in [0.29, 0.717) is 6.04 Å². The highest BCUT2D eigenvalue weighted by Crippen LogP contribution is 2.23. The topological polar surface area (TPSA) is 41.1 Å². The normalized spacial score (nSPS) is 12.1. The summed E-state index contributed by atoms with van der Waals surface area (Å²) in [7, 11) is 2.06. The lowest BCUT2D eigenvalue weighted by atomic mass is 10.1. The maximum atomic E-state index is 4.56. The fourth-order valence-corrected chi connectivity index (χ4v) is 2.35. The van der Waals surface area contributed by atoms with Crippen molar-refractivity contribution < 1.29 is 0 Å². The Bertz CT molecular complexity index is 541. The Labute approximate surface area is 127 Å². The zero-order valence-electron chi connectivity index (χ0n) is 13.1. The molecule has 0 bridgehead atoms. The Kier molecular flexibility index (Phi) is 5.69. The Balaban J connectivity index is 2.15. The first-order valence-corrected chi connectivity index (χ1v) is 7.51. The molecule has 0 radical (unpaired) electrons. The quantitative estimate of drug-likeness (QED) is 0.848. The van der Waals surface area contributed by atoms with Crippen LogP contribution in [0.2, 0.25) is 0 Å². The smallest absolute Gasteiger partial charge is 0.133 e. The van der Waals surface area contributed by atoms with Crippen molar-refractivity contribution in [1.29, 1.82) is 0 Å². The molecule has 2 rings (SSSR count). The van der Waals surface area contributed by atoms with Crippen molar-refractivity contribution in [2.75, 3.05) is 18.5 Å². The number of aromatic nitrogens is 2. The average molecular weight is 284 g/mol. The molecule has 2 heterocycles. The molecule has 1 unspecified atom stereocenters. The second-order valence-corrected chi connectivity index (χ2v) is 5.27. The Morgan fingerprint density at radius 3 is 2.67 bits per heavy atom. The lowest BCUT2D eigenvalue weighted by Crippen LogP contribution is -2.25. The van der Waals surface area contributed by atoms with Crippen LogP contribution in [0.1, 0.15) is 37.6 Å². The first kappa shape index (κ1) is 15.4. The number of nitrogens with zero attached hydrogens (tertiary/aromatic N) is 3. The van der Waals surface area contributed by atoms with E-state index in [1.807, 2.05) is 36.7 Å². The Morgan fingerprint density at radius 1 is 1.14 bits per heavy atom. The van der Waals surface area contributed by atoms with Crippen LogP contribution in [0.25, 0.3) is 0 Å². The fourth-order valence-electron chi connectivity index (χ4n) is 2.35. The molecule has 2 aromatic heterocycles. The average Bonchev–Trinajstić information content (AvgIpc) is 2.53. The summed E-state index contributed by atoms with van der Waals surface area (Å²) >= 11 is 0. The van der Waals surface area contributed by atoms with Gasteiger partial charge in [-0.1, -0.05) is 19.1 Å². The third kappa shape index (κ3) is 4.26. The molecule has 0 aliphatic rings. The van der Waals surface area contributed by atoms with Crippen LogP contribution in [0.5, 0.6) is 0 Å². The number of hydrogen-bond acceptors (Lipinski definition) is 4. The van der Waals surface area contributed by atoms with Gasteiger partial charge in [0.05, 0.1) is 12.2 Å². The predicted octanol–water partition coefficient (Wildman–Crippen LogP) is 3.17. The standard InChI is InChI=1S/C17H24N4/c1-4-10-18-14(2)16-9-7-12-20-17(16)21(3)13-15-8-5-6-11-19-15/h5-9,11-12,14,18H,4,10,13H2,1-3H3. The maximum absolute atomic E-state index is 4.56. The lowest BCUT2D eigenvalue weighted by molar-refractivity contribution is 0.568. The third-order valence-corrected chi connectivity index (χ3v) is 3.47. The van der Waals surface area contributed by atoms with E-state index in [1.165, 1.54) is 5.56 Å². The van der Waals surface area contributed by atoms with Crippen molar-refractivity contribution in [2.45, 2.75) is 32.9 Å². The number of hydrogen-bond donors (Lipinski definition) is 1. The van der Waals surface area contributed by atoms with Crippen LogP contribution in [0, 0.1) is 0 Å². The van der Waals surface area contributed by atoms with Crippen LogP contribution < -0.4 is 10.2 Å². The maximum Gasteiger partial charge on any atom is 0.133 e. The number of anilines is 1. The third-order valence-electron chi connectivity index (χ3n) is 3.47. The Hall–Kier alpha value is -1.94. The summed E-state index contributed by atoms with van der Waals surface area (Å²) in [6.45, 7) is 6.13. The molecule has 4 heteroatoms. The first-order valence-electron chi connectivity index (χ1n) is 7.51. The van der Waals surface area contributed by atoms with Gasteiger partial charge in [0, 0.05) is 31.0 Å².